The van der Waals surface area contributed by atoms with Crippen molar-refractivity contribution in [1.82, 2.24) is 0 Å². The van der Waals surface area contributed by atoms with Crippen molar-refractivity contribution in [2.24, 2.45) is 50.7 Å². The summed E-state index contributed by atoms with van der Waals surface area (Å²) in [6.45, 7) is 11.4. The number of carbonyl (C=O) groups is 2. The average molecular weight is 495 g/mol. The third-order valence-electron chi connectivity index (χ3n) is 13.4. The smallest absolute Gasteiger partial charge is 0.336 e. The van der Waals surface area contributed by atoms with E-state index < -0.39 is 5.79 Å². The molecule has 0 bridgehead atoms. The molecule has 5 heteroatoms. The summed E-state index contributed by atoms with van der Waals surface area (Å²) in [6.07, 6.45) is 15.1. The van der Waals surface area contributed by atoms with Gasteiger partial charge in [0, 0.05) is 30.4 Å². The molecular weight excluding hydrogens is 452 g/mol. The Morgan fingerprint density at radius 3 is 2.42 bits per heavy atom. The first kappa shape index (κ1) is 23.6. The Labute approximate surface area is 215 Å². The number of ketones is 1. The van der Waals surface area contributed by atoms with Gasteiger partial charge in [-0.15, -0.1) is 0 Å². The van der Waals surface area contributed by atoms with Crippen LogP contribution in [-0.2, 0) is 23.8 Å². The molecule has 3 spiro atoms. The van der Waals surface area contributed by atoms with Crippen LogP contribution in [0.1, 0.15) is 86.0 Å². The van der Waals surface area contributed by atoms with Gasteiger partial charge < -0.3 is 14.2 Å². The molecule has 2 aliphatic heterocycles. The van der Waals surface area contributed by atoms with Gasteiger partial charge in [0.2, 0.25) is 5.79 Å². The van der Waals surface area contributed by atoms with Crippen molar-refractivity contribution in [3.8, 4) is 0 Å². The van der Waals surface area contributed by atoms with Crippen molar-refractivity contribution in [1.29, 1.82) is 0 Å². The largest absolute Gasteiger partial charge is 0.426 e. The standard InChI is InChI=1S/C31H42O5/c1-18-15-31(35-24(18)33)16-19(25(34-6)36-31)20-9-11-28(5)22-8-7-21-26(2,3)23(32)10-12-29(21)17-30(22,29)14-13-27(20,28)4/h10,12,15,19-22,25H,7-9,11,13-14,16-17H2,1-6H3/t19-,20-,21+,22+,25+,27-,28+,29+,30-,31-/m1/s1. The minimum atomic E-state index is -0.957. The molecule has 0 amide bonds. The molecule has 5 fully saturated rings. The van der Waals surface area contributed by atoms with Crippen LogP contribution in [0.3, 0.4) is 0 Å². The lowest BCUT2D eigenvalue weighted by Gasteiger charge is -2.62. The highest BCUT2D eigenvalue weighted by atomic mass is 16.8. The zero-order valence-corrected chi connectivity index (χ0v) is 22.8. The van der Waals surface area contributed by atoms with Crippen LogP contribution in [0, 0.1) is 50.7 Å². The van der Waals surface area contributed by atoms with E-state index in [4.69, 9.17) is 14.2 Å². The first-order valence-electron chi connectivity index (χ1n) is 14.3. The molecule has 2 heterocycles. The second-order valence-corrected chi connectivity index (χ2v) is 14.6. The molecule has 4 saturated carbocycles. The third-order valence-corrected chi connectivity index (χ3v) is 13.4. The topological polar surface area (TPSA) is 61.8 Å². The highest BCUT2D eigenvalue weighted by molar-refractivity contribution is 5.96. The van der Waals surface area contributed by atoms with E-state index in [2.05, 4.69) is 33.8 Å². The summed E-state index contributed by atoms with van der Waals surface area (Å²) in [7, 11) is 1.73. The van der Waals surface area contributed by atoms with Crippen LogP contribution in [0.5, 0.6) is 0 Å². The minimum absolute atomic E-state index is 0.195. The van der Waals surface area contributed by atoms with Gasteiger partial charge in [0.15, 0.2) is 12.1 Å². The maximum absolute atomic E-state index is 12.8. The number of hydrogen-bond acceptors (Lipinski definition) is 5. The van der Waals surface area contributed by atoms with E-state index in [0.29, 0.717) is 40.9 Å². The van der Waals surface area contributed by atoms with E-state index in [1.165, 1.54) is 44.9 Å². The molecule has 0 aromatic heterocycles. The molecular formula is C31H42O5. The van der Waals surface area contributed by atoms with E-state index in [9.17, 15) is 9.59 Å². The predicted octanol–water partition coefficient (Wildman–Crippen LogP) is 5.98. The number of esters is 1. The summed E-state index contributed by atoms with van der Waals surface area (Å²) >= 11 is 0. The van der Waals surface area contributed by atoms with Gasteiger partial charge in [-0.1, -0.05) is 33.8 Å². The van der Waals surface area contributed by atoms with Crippen LogP contribution in [0.4, 0.5) is 0 Å². The zero-order valence-electron chi connectivity index (χ0n) is 22.8. The Bertz CT molecular complexity index is 1120. The number of allylic oxidation sites excluding steroid dienone is 2. The van der Waals surface area contributed by atoms with Crippen molar-refractivity contribution in [3.63, 3.8) is 0 Å². The fourth-order valence-electron chi connectivity index (χ4n) is 11.5. The minimum Gasteiger partial charge on any atom is -0.426 e. The third kappa shape index (κ3) is 2.47. The SMILES string of the molecule is CO[C@H]1O[C@]2(C=C(C)C(=O)O2)C[C@@H]1[C@H]1CC[C@@]2(C)[C@@H]3CC[C@H]4C(C)(C)C(=O)C=C[C@]45C[C@]35CC[C@]12C. The first-order chi connectivity index (χ1) is 16.9. The van der Waals surface area contributed by atoms with Crippen molar-refractivity contribution in [2.45, 2.75) is 98.1 Å². The molecule has 10 atom stereocenters. The quantitative estimate of drug-likeness (QED) is 0.442. The molecule has 0 N–H and O–H groups in total. The summed E-state index contributed by atoms with van der Waals surface area (Å²) in [5, 5.41) is 0. The van der Waals surface area contributed by atoms with Gasteiger partial charge in [0.1, 0.15) is 0 Å². The van der Waals surface area contributed by atoms with Gasteiger partial charge in [-0.05, 0) is 103 Å². The van der Waals surface area contributed by atoms with E-state index in [-0.39, 0.29) is 39.8 Å². The molecule has 36 heavy (non-hydrogen) atoms. The van der Waals surface area contributed by atoms with Crippen molar-refractivity contribution in [2.75, 3.05) is 7.11 Å². The Kier molecular flexibility index (Phi) is 4.43. The molecule has 0 aromatic rings. The van der Waals surface area contributed by atoms with Crippen LogP contribution in [0.25, 0.3) is 0 Å². The summed E-state index contributed by atoms with van der Waals surface area (Å²) < 4.78 is 18.0. The Hall–Kier alpha value is -1.46. The van der Waals surface area contributed by atoms with Gasteiger partial charge in [0.25, 0.3) is 0 Å². The van der Waals surface area contributed by atoms with Crippen LogP contribution in [0.15, 0.2) is 23.8 Å². The number of methoxy groups -OCH3 is 1. The lowest BCUT2D eigenvalue weighted by Crippen LogP contribution is -2.56. The molecule has 196 valence electrons. The van der Waals surface area contributed by atoms with Gasteiger partial charge in [0.05, 0.1) is 0 Å². The van der Waals surface area contributed by atoms with Gasteiger partial charge in [-0.2, -0.15) is 0 Å². The number of carbonyl (C=O) groups excluding carboxylic acids is 2. The Morgan fingerprint density at radius 1 is 0.972 bits per heavy atom. The fourth-order valence-corrected chi connectivity index (χ4v) is 11.5. The van der Waals surface area contributed by atoms with Crippen LogP contribution >= 0.6 is 0 Å². The average Bonchev–Trinajstić information content (AvgIpc) is 3.06. The van der Waals surface area contributed by atoms with E-state index in [1.54, 1.807) is 14.0 Å². The summed E-state index contributed by atoms with van der Waals surface area (Å²) in [6, 6.07) is 0. The zero-order chi connectivity index (χ0) is 25.5. The second kappa shape index (κ2) is 6.75. The van der Waals surface area contributed by atoms with E-state index in [0.717, 1.165) is 0 Å². The number of ether oxygens (including phenoxy) is 3. The maximum Gasteiger partial charge on any atom is 0.336 e. The van der Waals surface area contributed by atoms with Crippen molar-refractivity contribution in [3.05, 3.63) is 23.8 Å². The van der Waals surface area contributed by atoms with Gasteiger partial charge in [-0.25, -0.2) is 4.79 Å². The van der Waals surface area contributed by atoms with Crippen LogP contribution in [-0.4, -0.2) is 30.9 Å². The van der Waals surface area contributed by atoms with Crippen molar-refractivity contribution < 1.29 is 23.8 Å². The van der Waals surface area contributed by atoms with E-state index >= 15 is 0 Å². The molecule has 0 radical (unpaired) electrons. The van der Waals surface area contributed by atoms with Crippen LogP contribution < -0.4 is 0 Å². The normalized spacial score (nSPS) is 56.1. The molecule has 7 aliphatic rings. The molecule has 0 unspecified atom stereocenters. The predicted molar refractivity (Wildman–Crippen MR) is 134 cm³/mol. The van der Waals surface area contributed by atoms with Crippen molar-refractivity contribution >= 4 is 11.8 Å². The number of rotatable bonds is 2. The number of hydrogen-bond donors (Lipinski definition) is 0. The van der Waals surface area contributed by atoms with E-state index in [1.807, 2.05) is 12.2 Å². The molecule has 1 saturated heterocycles. The summed E-state index contributed by atoms with van der Waals surface area (Å²) in [5.41, 5.74) is 1.44. The highest BCUT2D eigenvalue weighted by Crippen LogP contribution is 2.88. The Morgan fingerprint density at radius 2 is 1.72 bits per heavy atom. The summed E-state index contributed by atoms with van der Waals surface area (Å²) in [4.78, 5) is 25.1. The Balaban J connectivity index is 1.22. The maximum atomic E-state index is 12.8. The lowest BCUT2D eigenvalue weighted by molar-refractivity contribution is -0.234. The molecule has 0 aromatic carbocycles. The first-order valence-corrected chi connectivity index (χ1v) is 14.3. The van der Waals surface area contributed by atoms with Gasteiger partial charge >= 0.3 is 5.97 Å². The monoisotopic (exact) mass is 494 g/mol. The lowest BCUT2D eigenvalue weighted by atomic mass is 9.42. The molecule has 7 rings (SSSR count). The van der Waals surface area contributed by atoms with Gasteiger partial charge in [-0.3, -0.25) is 4.79 Å². The fraction of sp³-hybridized carbons (Fsp3) is 0.806. The number of fused-ring (bicyclic) bond motifs is 2. The molecule has 5 nitrogen and oxygen atoms in total. The molecule has 5 aliphatic carbocycles. The highest BCUT2D eigenvalue weighted by Gasteiger charge is 2.82. The second-order valence-electron chi connectivity index (χ2n) is 14.6. The summed E-state index contributed by atoms with van der Waals surface area (Å²) in [5.74, 6) is 0.959. The van der Waals surface area contributed by atoms with Crippen LogP contribution in [0.2, 0.25) is 0 Å².